The Morgan fingerprint density at radius 3 is 1.80 bits per heavy atom. The van der Waals surface area contributed by atoms with Crippen LogP contribution < -0.4 is 0 Å². The van der Waals surface area contributed by atoms with E-state index in [-0.39, 0.29) is 13.5 Å². The van der Waals surface area contributed by atoms with Gasteiger partial charge in [0.2, 0.25) is 0 Å². The van der Waals surface area contributed by atoms with Crippen molar-refractivity contribution in [2.24, 2.45) is 0 Å². The number of aliphatic hydroxyl groups is 1. The maximum Gasteiger partial charge on any atom is 0.0540 e. The van der Waals surface area contributed by atoms with Crippen LogP contribution in [0.15, 0.2) is 0 Å². The van der Waals surface area contributed by atoms with Crippen LogP contribution in [0.3, 0.4) is 0 Å². The van der Waals surface area contributed by atoms with E-state index in [9.17, 15) is 0 Å². The van der Waals surface area contributed by atoms with Crippen molar-refractivity contribution in [3.8, 4) is 0 Å². The normalized spacial score (nSPS) is 18.5. The Morgan fingerprint density at radius 2 is 1.60 bits per heavy atom. The molecule has 10 heavy (non-hydrogen) atoms. The first kappa shape index (κ1) is 9.62. The Hall–Kier alpha value is -0.375. The van der Waals surface area contributed by atoms with E-state index in [1.54, 1.807) is 0 Å². The quantitative estimate of drug-likeness (QED) is 0.479. The summed E-state index contributed by atoms with van der Waals surface area (Å²) >= 11 is 0. The molecule has 2 N–H and O–H groups in total. The molecule has 0 saturated heterocycles. The van der Waals surface area contributed by atoms with Crippen LogP contribution in [0.2, 0.25) is 0 Å². The van der Waals surface area contributed by atoms with Gasteiger partial charge in [-0.05, 0) is 12.8 Å². The molecule has 0 bridgehead atoms. The molecule has 0 spiro atoms. The third kappa shape index (κ3) is 5.76. The van der Waals surface area contributed by atoms with E-state index in [4.69, 9.17) is 14.8 Å². The molecule has 0 heterocycles. The molecule has 1 aliphatic carbocycles. The zero-order valence-corrected chi connectivity index (χ0v) is 5.99. The summed E-state index contributed by atoms with van der Waals surface area (Å²) in [5, 5.41) is 15.8. The predicted molar refractivity (Wildman–Crippen MR) is 37.8 cm³/mol. The van der Waals surface area contributed by atoms with Crippen molar-refractivity contribution in [3.63, 3.8) is 0 Å². The SMILES string of the molecule is O=BO.OC1CCCCC1. The first-order chi connectivity index (χ1) is 4.81. The Morgan fingerprint density at radius 1 is 1.20 bits per heavy atom. The smallest absolute Gasteiger partial charge is 0.0540 e. The van der Waals surface area contributed by atoms with Gasteiger partial charge in [-0.15, -0.1) is 0 Å². The maximum atomic E-state index is 8.91. The molecule has 1 fully saturated rings. The molecule has 0 aliphatic heterocycles. The molecule has 0 atom stereocenters. The minimum Gasteiger partial charge on any atom is -0.393 e. The maximum absolute atomic E-state index is 8.91. The standard InChI is InChI=1S/C6H12O.BHO2/c7-6-4-2-1-3-5-6;2-1-3/h6-7H,1-5H2;2H. The topological polar surface area (TPSA) is 57.5 Å². The molecule has 1 saturated carbocycles. The van der Waals surface area contributed by atoms with E-state index in [2.05, 4.69) is 0 Å². The third-order valence-electron chi connectivity index (χ3n) is 1.57. The minimum atomic E-state index is -0.250. The van der Waals surface area contributed by atoms with Gasteiger partial charge in [0, 0.05) is 0 Å². The first-order valence-electron chi connectivity index (χ1n) is 3.57. The monoisotopic (exact) mass is 144 g/mol. The number of hydrogen-bond donors (Lipinski definition) is 2. The fraction of sp³-hybridized carbons (Fsp3) is 1.00. The summed E-state index contributed by atoms with van der Waals surface area (Å²) in [5.41, 5.74) is 0. The van der Waals surface area contributed by atoms with Crippen LogP contribution in [0, 0.1) is 0 Å². The Kier molecular flexibility index (Phi) is 6.49. The summed E-state index contributed by atoms with van der Waals surface area (Å²) in [5.74, 6) is 0. The van der Waals surface area contributed by atoms with Crippen molar-refractivity contribution < 1.29 is 14.8 Å². The van der Waals surface area contributed by atoms with Gasteiger partial charge in [-0.1, -0.05) is 19.3 Å². The van der Waals surface area contributed by atoms with Crippen molar-refractivity contribution in [2.75, 3.05) is 0 Å². The van der Waals surface area contributed by atoms with E-state index >= 15 is 0 Å². The molecule has 0 aromatic rings. The number of hydrogen-bond acceptors (Lipinski definition) is 2. The third-order valence-corrected chi connectivity index (χ3v) is 1.57. The Labute approximate surface area is 61.4 Å². The molecule has 58 valence electrons. The average Bonchev–Trinajstić information content (AvgIpc) is 1.91. The zero-order valence-electron chi connectivity index (χ0n) is 5.99. The van der Waals surface area contributed by atoms with Crippen LogP contribution in [0.4, 0.5) is 0 Å². The molecule has 1 aliphatic rings. The molecule has 0 aromatic heterocycles. The summed E-state index contributed by atoms with van der Waals surface area (Å²) in [6.45, 7) is 0. The van der Waals surface area contributed by atoms with E-state index in [1.807, 2.05) is 0 Å². The second-order valence-electron chi connectivity index (χ2n) is 2.40. The first-order valence-corrected chi connectivity index (χ1v) is 3.57. The van der Waals surface area contributed by atoms with Gasteiger partial charge >= 0.3 is 17.1 Å². The second-order valence-corrected chi connectivity index (χ2v) is 2.40. The molecule has 0 aromatic carbocycles. The minimum absolute atomic E-state index is 0.0359. The van der Waals surface area contributed by atoms with Gasteiger partial charge < -0.3 is 5.11 Å². The van der Waals surface area contributed by atoms with Crippen LogP contribution in [0.25, 0.3) is 0 Å². The van der Waals surface area contributed by atoms with Gasteiger partial charge in [-0.3, -0.25) is 0 Å². The second kappa shape index (κ2) is 6.74. The molecule has 0 amide bonds. The molecule has 0 radical (unpaired) electrons. The summed E-state index contributed by atoms with van der Waals surface area (Å²) in [7, 11) is -0.250. The van der Waals surface area contributed by atoms with Crippen molar-refractivity contribution in [2.45, 2.75) is 38.2 Å². The largest absolute Gasteiger partial charge is 0.393 e. The molecule has 0 unspecified atom stereocenters. The Bertz CT molecular complexity index is 81.1. The van der Waals surface area contributed by atoms with E-state index in [0.717, 1.165) is 12.8 Å². The predicted octanol–water partition coefficient (Wildman–Crippen LogP) is 0.255. The van der Waals surface area contributed by atoms with Gasteiger partial charge in [0.1, 0.15) is 0 Å². The molecule has 4 heteroatoms. The van der Waals surface area contributed by atoms with Crippen LogP contribution in [-0.2, 0) is 4.70 Å². The fourth-order valence-electron chi connectivity index (χ4n) is 1.08. The van der Waals surface area contributed by atoms with Crippen LogP contribution in [0.5, 0.6) is 0 Å². The molecular formula is C6H13BO3. The van der Waals surface area contributed by atoms with Crippen molar-refractivity contribution in [1.29, 1.82) is 0 Å². The molecule has 1 rings (SSSR count). The summed E-state index contributed by atoms with van der Waals surface area (Å²) in [6.07, 6.45) is 5.92. The van der Waals surface area contributed by atoms with Gasteiger partial charge in [0.25, 0.3) is 0 Å². The van der Waals surface area contributed by atoms with Crippen molar-refractivity contribution in [1.82, 2.24) is 0 Å². The van der Waals surface area contributed by atoms with Crippen LogP contribution >= 0.6 is 0 Å². The Balaban J connectivity index is 0.000000236. The van der Waals surface area contributed by atoms with E-state index in [0.29, 0.717) is 0 Å². The van der Waals surface area contributed by atoms with Gasteiger partial charge in [-0.25, -0.2) is 0 Å². The van der Waals surface area contributed by atoms with Crippen molar-refractivity contribution in [3.05, 3.63) is 0 Å². The average molecular weight is 144 g/mol. The van der Waals surface area contributed by atoms with E-state index in [1.165, 1.54) is 19.3 Å². The van der Waals surface area contributed by atoms with Gasteiger partial charge in [0.05, 0.1) is 6.10 Å². The molecule has 3 nitrogen and oxygen atoms in total. The molecular weight excluding hydrogens is 131 g/mol. The zero-order chi connectivity index (χ0) is 7.82. The van der Waals surface area contributed by atoms with Gasteiger partial charge in [-0.2, -0.15) is 0 Å². The number of aliphatic hydroxyl groups excluding tert-OH is 1. The number of rotatable bonds is 0. The van der Waals surface area contributed by atoms with Gasteiger partial charge in [0.15, 0.2) is 0 Å². The van der Waals surface area contributed by atoms with Crippen LogP contribution in [0.1, 0.15) is 32.1 Å². The van der Waals surface area contributed by atoms with Crippen LogP contribution in [-0.4, -0.2) is 23.6 Å². The summed E-state index contributed by atoms with van der Waals surface area (Å²) < 4.78 is 8.36. The summed E-state index contributed by atoms with van der Waals surface area (Å²) in [6, 6.07) is 0. The van der Waals surface area contributed by atoms with Crippen molar-refractivity contribution >= 4 is 7.35 Å². The summed E-state index contributed by atoms with van der Waals surface area (Å²) in [4.78, 5) is 0. The fourth-order valence-corrected chi connectivity index (χ4v) is 1.08. The van der Waals surface area contributed by atoms with E-state index < -0.39 is 0 Å².